The van der Waals surface area contributed by atoms with Gasteiger partial charge in [-0.3, -0.25) is 4.57 Å². The molecular weight excluding hydrogens is 560 g/mol. The fourth-order valence-corrected chi connectivity index (χ4v) is 8.25. The van der Waals surface area contributed by atoms with Crippen molar-refractivity contribution in [2.24, 2.45) is 0 Å². The Morgan fingerprint density at radius 3 is 1.85 bits per heavy atom. The van der Waals surface area contributed by atoms with E-state index in [4.69, 9.17) is 9.10 Å². The van der Waals surface area contributed by atoms with Gasteiger partial charge in [-0.2, -0.15) is 0 Å². The molecule has 0 amide bonds. The summed E-state index contributed by atoms with van der Waals surface area (Å²) in [4.78, 5) is 4.93. The molecule has 10 rings (SSSR count). The third-order valence-corrected chi connectivity index (χ3v) is 10.1. The van der Waals surface area contributed by atoms with Gasteiger partial charge in [-0.05, 0) is 92.8 Å². The van der Waals surface area contributed by atoms with Crippen molar-refractivity contribution in [3.63, 3.8) is 0 Å². The van der Waals surface area contributed by atoms with Crippen LogP contribution in [0.1, 0.15) is 31.9 Å². The summed E-state index contributed by atoms with van der Waals surface area (Å²) >= 11 is 0. The third-order valence-electron chi connectivity index (χ3n) is 10.1. The predicted octanol–water partition coefficient (Wildman–Crippen LogP) is 10.2. The Morgan fingerprint density at radius 2 is 1.17 bits per heavy atom. The van der Waals surface area contributed by atoms with Crippen molar-refractivity contribution in [2.75, 3.05) is 0 Å². The number of phenols is 1. The van der Waals surface area contributed by atoms with Crippen molar-refractivity contribution in [1.29, 1.82) is 0 Å². The third kappa shape index (κ3) is 3.14. The van der Waals surface area contributed by atoms with Gasteiger partial charge in [0, 0.05) is 32.7 Å². The molecule has 0 aliphatic heterocycles. The molecule has 2 heterocycles. The number of hydrogen-bond acceptors (Lipinski definition) is 2. The van der Waals surface area contributed by atoms with Gasteiger partial charge >= 0.3 is 0 Å². The number of aromatic hydroxyl groups is 1. The number of aromatic nitrogens is 2. The normalized spacial score (nSPS) is 14.8. The zero-order chi connectivity index (χ0) is 33.1. The highest BCUT2D eigenvalue weighted by atomic mass is 16.3. The maximum Gasteiger partial charge on any atom is 0.137 e. The van der Waals surface area contributed by atoms with Crippen LogP contribution in [0.25, 0.3) is 61.0 Å². The lowest BCUT2D eigenvalue weighted by Gasteiger charge is -2.30. The summed E-state index contributed by atoms with van der Waals surface area (Å²) in [6.45, 7) is -2.38. The maximum atomic E-state index is 10.8. The number of aryl methyl sites for hydroxylation is 1. The topological polar surface area (TPSA) is 38.0 Å². The molecule has 2 aliphatic carbocycles. The second-order valence-corrected chi connectivity index (χ2v) is 12.3. The van der Waals surface area contributed by atoms with E-state index in [2.05, 4.69) is 84.9 Å². The number of phenolic OH excluding ortho intramolecular Hbond substituents is 1. The van der Waals surface area contributed by atoms with Crippen LogP contribution in [0.5, 0.6) is 5.75 Å². The largest absolute Gasteiger partial charge is 0.508 e. The van der Waals surface area contributed by atoms with E-state index in [1.165, 1.54) is 38.9 Å². The Kier molecular flexibility index (Phi) is 4.44. The molecule has 216 valence electrons. The van der Waals surface area contributed by atoms with Crippen LogP contribution >= 0.6 is 0 Å². The first-order valence-electron chi connectivity index (χ1n) is 17.0. The monoisotopic (exact) mass is 591 g/mol. The Labute approximate surface area is 270 Å². The summed E-state index contributed by atoms with van der Waals surface area (Å²) in [6, 6.07) is 47.3. The van der Waals surface area contributed by atoms with Gasteiger partial charge in [0.05, 0.1) is 16.4 Å². The van der Waals surface area contributed by atoms with Gasteiger partial charge in [0.15, 0.2) is 0 Å². The second-order valence-electron chi connectivity index (χ2n) is 12.3. The summed E-state index contributed by atoms with van der Waals surface area (Å²) in [6.07, 6.45) is 1.67. The summed E-state index contributed by atoms with van der Waals surface area (Å²) in [5.74, 6) is 0.606. The van der Waals surface area contributed by atoms with Gasteiger partial charge in [-0.25, -0.2) is 4.98 Å². The fraction of sp³-hybridized carbons (Fsp3) is 0.0465. The Morgan fingerprint density at radius 1 is 0.565 bits per heavy atom. The molecule has 1 N–H and O–H groups in total. The predicted molar refractivity (Wildman–Crippen MR) is 187 cm³/mol. The summed E-state index contributed by atoms with van der Waals surface area (Å²) in [5.41, 5.74) is 12.4. The van der Waals surface area contributed by atoms with Crippen molar-refractivity contribution in [3.05, 3.63) is 174 Å². The van der Waals surface area contributed by atoms with Gasteiger partial charge in [-0.15, -0.1) is 0 Å². The summed E-state index contributed by atoms with van der Waals surface area (Å²) in [5, 5.41) is 12.7. The molecule has 2 aromatic heterocycles. The number of pyridine rings is 1. The van der Waals surface area contributed by atoms with Crippen molar-refractivity contribution in [3.8, 4) is 44.9 Å². The molecule has 6 aromatic carbocycles. The first-order valence-corrected chi connectivity index (χ1v) is 15.5. The molecule has 0 bridgehead atoms. The minimum Gasteiger partial charge on any atom is -0.508 e. The van der Waals surface area contributed by atoms with E-state index >= 15 is 0 Å². The van der Waals surface area contributed by atoms with Crippen molar-refractivity contribution < 1.29 is 9.22 Å². The first-order chi connectivity index (χ1) is 23.9. The second kappa shape index (κ2) is 9.06. The molecule has 3 nitrogen and oxygen atoms in total. The van der Waals surface area contributed by atoms with E-state index in [1.807, 2.05) is 41.0 Å². The lowest BCUT2D eigenvalue weighted by Crippen LogP contribution is -2.25. The van der Waals surface area contributed by atoms with E-state index in [9.17, 15) is 5.11 Å². The molecule has 8 aromatic rings. The molecule has 0 saturated carbocycles. The van der Waals surface area contributed by atoms with Gasteiger partial charge < -0.3 is 5.11 Å². The zero-order valence-corrected chi connectivity index (χ0v) is 24.7. The Bertz CT molecular complexity index is 2630. The van der Waals surface area contributed by atoms with Gasteiger partial charge in [0.25, 0.3) is 0 Å². The van der Waals surface area contributed by atoms with E-state index in [0.29, 0.717) is 11.4 Å². The minimum absolute atomic E-state index is 0.126. The first kappa shape index (κ1) is 22.6. The standard InChI is InChI=1S/C43H28N2O/c1-26-21-42(44-25-35(26)27-11-3-2-4-12-27)45-40-22-28(46)19-20-32(40)34-23-33-31-15-7-10-18-38(31)43(39(33)24-41(34)45)36-16-8-5-13-29(36)30-14-6-9-17-37(30)43/h2-25,46H,1H3/i1D3. The van der Waals surface area contributed by atoms with Crippen LogP contribution in [0.15, 0.2) is 146 Å². The van der Waals surface area contributed by atoms with E-state index in [1.54, 1.807) is 24.4 Å². The molecule has 46 heavy (non-hydrogen) atoms. The van der Waals surface area contributed by atoms with Crippen molar-refractivity contribution in [1.82, 2.24) is 9.55 Å². The van der Waals surface area contributed by atoms with Crippen LogP contribution in [-0.2, 0) is 5.41 Å². The number of benzene rings is 6. The summed E-state index contributed by atoms with van der Waals surface area (Å²) in [7, 11) is 0. The van der Waals surface area contributed by atoms with Crippen LogP contribution in [0.2, 0.25) is 0 Å². The van der Waals surface area contributed by atoms with E-state index in [0.717, 1.165) is 32.9 Å². The van der Waals surface area contributed by atoms with Crippen LogP contribution in [0, 0.1) is 6.85 Å². The maximum absolute atomic E-state index is 10.8. The summed E-state index contributed by atoms with van der Waals surface area (Å²) < 4.78 is 27.6. The highest BCUT2D eigenvalue weighted by molar-refractivity contribution is 6.12. The molecule has 3 heteroatoms. The number of rotatable bonds is 2. The van der Waals surface area contributed by atoms with Gasteiger partial charge in [-0.1, -0.05) is 103 Å². The molecule has 0 unspecified atom stereocenters. The number of nitrogens with zero attached hydrogens (tertiary/aromatic N) is 2. The van der Waals surface area contributed by atoms with Crippen LogP contribution in [0.4, 0.5) is 0 Å². The highest BCUT2D eigenvalue weighted by Crippen LogP contribution is 2.63. The van der Waals surface area contributed by atoms with E-state index in [-0.39, 0.29) is 11.3 Å². The zero-order valence-electron chi connectivity index (χ0n) is 27.7. The molecule has 0 saturated heterocycles. The molecule has 0 atom stereocenters. The molecule has 2 aliphatic rings. The van der Waals surface area contributed by atoms with Crippen LogP contribution in [0.3, 0.4) is 0 Å². The number of hydrogen-bond donors (Lipinski definition) is 1. The van der Waals surface area contributed by atoms with Crippen LogP contribution in [-0.4, -0.2) is 14.7 Å². The molecule has 0 fully saturated rings. The van der Waals surface area contributed by atoms with Crippen LogP contribution < -0.4 is 0 Å². The highest BCUT2D eigenvalue weighted by Gasteiger charge is 2.51. The molecular formula is C43H28N2O. The molecule has 0 radical (unpaired) electrons. The lowest BCUT2D eigenvalue weighted by atomic mass is 9.70. The average Bonchev–Trinajstić information content (AvgIpc) is 3.71. The minimum atomic E-state index is -2.38. The quantitative estimate of drug-likeness (QED) is 0.217. The fourth-order valence-electron chi connectivity index (χ4n) is 8.25. The van der Waals surface area contributed by atoms with Crippen molar-refractivity contribution in [2.45, 2.75) is 12.3 Å². The number of fused-ring (bicyclic) bond motifs is 13. The van der Waals surface area contributed by atoms with Gasteiger partial charge in [0.1, 0.15) is 11.6 Å². The SMILES string of the molecule is [2H]C([2H])([2H])c1cc(-n2c3cc(O)ccc3c3cc4c(cc32)C2(c3ccccc3-c3ccccc32)c2ccccc2-4)ncc1-c1ccccc1. The Balaban J connectivity index is 1.33. The average molecular weight is 592 g/mol. The van der Waals surface area contributed by atoms with E-state index < -0.39 is 12.3 Å². The van der Waals surface area contributed by atoms with Crippen molar-refractivity contribution >= 4 is 21.8 Å². The lowest BCUT2D eigenvalue weighted by molar-refractivity contribution is 0.476. The van der Waals surface area contributed by atoms with Gasteiger partial charge in [0.2, 0.25) is 0 Å². The smallest absolute Gasteiger partial charge is 0.137 e. The molecule has 1 spiro atoms. The Hall–Kier alpha value is -5.93.